The van der Waals surface area contributed by atoms with Crippen molar-refractivity contribution >= 4 is 22.6 Å². The Balaban J connectivity index is 2.47. The van der Waals surface area contributed by atoms with Crippen molar-refractivity contribution < 1.29 is 4.79 Å². The van der Waals surface area contributed by atoms with E-state index in [4.69, 9.17) is 0 Å². The van der Waals surface area contributed by atoms with Gasteiger partial charge in [-0.15, -0.1) is 0 Å². The van der Waals surface area contributed by atoms with Gasteiger partial charge in [-0.2, -0.15) is 0 Å². The van der Waals surface area contributed by atoms with Crippen molar-refractivity contribution in [1.82, 2.24) is 20.1 Å². The maximum atomic E-state index is 11.2. The first kappa shape index (κ1) is 9.01. The van der Waals surface area contributed by atoms with E-state index in [0.717, 1.165) is 11.5 Å². The van der Waals surface area contributed by atoms with Crippen LogP contribution in [0, 0.1) is 0 Å². The number of likely N-dealkylation sites (N-methyl/N-ethyl adjacent to an activating group) is 1. The van der Waals surface area contributed by atoms with Crippen LogP contribution in [0.15, 0.2) is 0 Å². The van der Waals surface area contributed by atoms with E-state index in [-0.39, 0.29) is 11.9 Å². The number of nitrogens with zero attached hydrogens (tertiary/aromatic N) is 3. The maximum Gasteiger partial charge on any atom is 0.243 e. The van der Waals surface area contributed by atoms with E-state index >= 15 is 0 Å². The van der Waals surface area contributed by atoms with Gasteiger partial charge >= 0.3 is 0 Å². The van der Waals surface area contributed by atoms with E-state index in [0.29, 0.717) is 5.13 Å². The monoisotopic (exact) mass is 187 g/mol. The standard InChI is InChI=1S/C5H9N5OS/c1-3(6-2)4(11)7-5-8-9-10-12-5/h3,6H,1-2H3,(H,7,8,10,11)/t3-/m0/s1. The summed E-state index contributed by atoms with van der Waals surface area (Å²) in [5.41, 5.74) is 0. The molecule has 2 N–H and O–H groups in total. The van der Waals surface area contributed by atoms with E-state index in [9.17, 15) is 4.79 Å². The van der Waals surface area contributed by atoms with Crippen LogP contribution in [-0.2, 0) is 4.79 Å². The predicted octanol–water partition coefficient (Wildman–Crippen LogP) is -0.521. The Hall–Kier alpha value is -1.08. The van der Waals surface area contributed by atoms with Crippen molar-refractivity contribution in [3.8, 4) is 0 Å². The minimum Gasteiger partial charge on any atom is -0.309 e. The molecule has 0 spiro atoms. The summed E-state index contributed by atoms with van der Waals surface area (Å²) >= 11 is 1.05. The number of hydrogen-bond donors (Lipinski definition) is 2. The molecule has 1 amide bonds. The van der Waals surface area contributed by atoms with Gasteiger partial charge in [0.25, 0.3) is 0 Å². The molecular formula is C5H9N5OS. The first-order valence-corrected chi connectivity index (χ1v) is 4.14. The molecule has 0 bridgehead atoms. The van der Waals surface area contributed by atoms with Gasteiger partial charge in [0.1, 0.15) is 0 Å². The molecule has 1 atom stereocenters. The summed E-state index contributed by atoms with van der Waals surface area (Å²) in [4.78, 5) is 11.2. The van der Waals surface area contributed by atoms with Crippen LogP contribution in [0.3, 0.4) is 0 Å². The number of hydrogen-bond acceptors (Lipinski definition) is 6. The van der Waals surface area contributed by atoms with Gasteiger partial charge in [0.2, 0.25) is 11.0 Å². The SMILES string of the molecule is CN[C@@H](C)C(=O)Nc1nnns1. The Labute approximate surface area is 73.5 Å². The first-order valence-electron chi connectivity index (χ1n) is 3.37. The number of carbonyl (C=O) groups excluding carboxylic acids is 1. The fourth-order valence-electron chi connectivity index (χ4n) is 0.527. The Morgan fingerprint density at radius 1 is 1.67 bits per heavy atom. The third-order valence-corrected chi connectivity index (χ3v) is 1.87. The fraction of sp³-hybridized carbons (Fsp3) is 0.600. The third-order valence-electron chi connectivity index (χ3n) is 1.36. The average molecular weight is 187 g/mol. The van der Waals surface area contributed by atoms with Gasteiger partial charge in [-0.25, -0.2) is 0 Å². The van der Waals surface area contributed by atoms with E-state index in [1.165, 1.54) is 0 Å². The molecule has 1 aromatic heterocycles. The lowest BCUT2D eigenvalue weighted by atomic mass is 10.3. The van der Waals surface area contributed by atoms with Crippen LogP contribution in [0.1, 0.15) is 6.92 Å². The maximum absolute atomic E-state index is 11.2. The lowest BCUT2D eigenvalue weighted by molar-refractivity contribution is -0.117. The van der Waals surface area contributed by atoms with Gasteiger partial charge < -0.3 is 5.32 Å². The van der Waals surface area contributed by atoms with Crippen LogP contribution in [-0.4, -0.2) is 33.8 Å². The van der Waals surface area contributed by atoms with Crippen LogP contribution in [0.4, 0.5) is 5.13 Å². The molecule has 0 saturated carbocycles. The second-order valence-electron chi connectivity index (χ2n) is 2.17. The lowest BCUT2D eigenvalue weighted by Crippen LogP contribution is -2.35. The molecule has 6 nitrogen and oxygen atoms in total. The largest absolute Gasteiger partial charge is 0.309 e. The van der Waals surface area contributed by atoms with Crippen molar-refractivity contribution in [1.29, 1.82) is 0 Å². The number of rotatable bonds is 3. The summed E-state index contributed by atoms with van der Waals surface area (Å²) in [6, 6.07) is -0.242. The fourth-order valence-corrected chi connectivity index (χ4v) is 0.896. The smallest absolute Gasteiger partial charge is 0.243 e. The summed E-state index contributed by atoms with van der Waals surface area (Å²) in [5.74, 6) is -0.143. The number of carbonyl (C=O) groups is 1. The summed E-state index contributed by atoms with van der Waals surface area (Å²) in [6.45, 7) is 1.75. The zero-order chi connectivity index (χ0) is 8.97. The summed E-state index contributed by atoms with van der Waals surface area (Å²) in [5, 5.41) is 12.7. The highest BCUT2D eigenvalue weighted by molar-refractivity contribution is 7.09. The molecule has 66 valence electrons. The molecule has 1 heterocycles. The van der Waals surface area contributed by atoms with Gasteiger partial charge in [-0.3, -0.25) is 10.1 Å². The van der Waals surface area contributed by atoms with Crippen molar-refractivity contribution in [3.05, 3.63) is 0 Å². The van der Waals surface area contributed by atoms with Gasteiger partial charge in [0.05, 0.1) is 6.04 Å². The molecule has 0 aliphatic heterocycles. The van der Waals surface area contributed by atoms with E-state index < -0.39 is 0 Å². The summed E-state index contributed by atoms with van der Waals surface area (Å²) in [7, 11) is 1.71. The first-order chi connectivity index (χ1) is 5.74. The second kappa shape index (κ2) is 4.07. The molecule has 0 aliphatic carbocycles. The molecular weight excluding hydrogens is 178 g/mol. The number of amides is 1. The molecule has 0 radical (unpaired) electrons. The Morgan fingerprint density at radius 3 is 2.92 bits per heavy atom. The molecule has 1 aromatic rings. The predicted molar refractivity (Wildman–Crippen MR) is 44.9 cm³/mol. The van der Waals surface area contributed by atoms with E-state index in [2.05, 4.69) is 25.4 Å². The van der Waals surface area contributed by atoms with Gasteiger partial charge in [0.15, 0.2) is 0 Å². The van der Waals surface area contributed by atoms with E-state index in [1.807, 2.05) is 0 Å². The number of nitrogens with one attached hydrogen (secondary N) is 2. The lowest BCUT2D eigenvalue weighted by Gasteiger charge is -2.07. The van der Waals surface area contributed by atoms with Gasteiger partial charge in [-0.05, 0) is 19.2 Å². The Bertz CT molecular complexity index is 248. The second-order valence-corrected chi connectivity index (χ2v) is 2.90. The van der Waals surface area contributed by atoms with Crippen molar-refractivity contribution in [3.63, 3.8) is 0 Å². The number of anilines is 1. The average Bonchev–Trinajstić information content (AvgIpc) is 2.55. The molecule has 7 heteroatoms. The minimum atomic E-state index is -0.242. The van der Waals surface area contributed by atoms with Crippen LogP contribution in [0.2, 0.25) is 0 Å². The zero-order valence-corrected chi connectivity index (χ0v) is 7.55. The molecule has 12 heavy (non-hydrogen) atoms. The molecule has 0 aromatic carbocycles. The van der Waals surface area contributed by atoms with Crippen LogP contribution < -0.4 is 10.6 Å². The Morgan fingerprint density at radius 2 is 2.42 bits per heavy atom. The zero-order valence-electron chi connectivity index (χ0n) is 6.74. The normalized spacial score (nSPS) is 12.5. The van der Waals surface area contributed by atoms with Crippen molar-refractivity contribution in [2.75, 3.05) is 12.4 Å². The highest BCUT2D eigenvalue weighted by Gasteiger charge is 2.11. The van der Waals surface area contributed by atoms with Crippen LogP contribution >= 0.6 is 11.5 Å². The van der Waals surface area contributed by atoms with Crippen molar-refractivity contribution in [2.45, 2.75) is 13.0 Å². The molecule has 0 fully saturated rings. The quantitative estimate of drug-likeness (QED) is 0.665. The van der Waals surface area contributed by atoms with Gasteiger partial charge in [-0.1, -0.05) is 9.59 Å². The Kier molecular flexibility index (Phi) is 3.06. The van der Waals surface area contributed by atoms with Gasteiger partial charge in [0, 0.05) is 11.5 Å². The molecule has 0 saturated heterocycles. The minimum absolute atomic E-state index is 0.143. The van der Waals surface area contributed by atoms with Crippen LogP contribution in [0.5, 0.6) is 0 Å². The van der Waals surface area contributed by atoms with Crippen molar-refractivity contribution in [2.24, 2.45) is 0 Å². The third kappa shape index (κ3) is 2.21. The number of aromatic nitrogens is 3. The molecule has 0 aliphatic rings. The molecule has 0 unspecified atom stereocenters. The summed E-state index contributed by atoms with van der Waals surface area (Å²) < 4.78 is 3.51. The highest BCUT2D eigenvalue weighted by Crippen LogP contribution is 2.04. The molecule has 1 rings (SSSR count). The summed E-state index contributed by atoms with van der Waals surface area (Å²) in [6.07, 6.45) is 0. The van der Waals surface area contributed by atoms with E-state index in [1.54, 1.807) is 14.0 Å². The van der Waals surface area contributed by atoms with Crippen LogP contribution in [0.25, 0.3) is 0 Å². The highest BCUT2D eigenvalue weighted by atomic mass is 32.1. The topological polar surface area (TPSA) is 79.8 Å².